The molecule has 1 aliphatic rings. The molecule has 1 fully saturated rings. The van der Waals surface area contributed by atoms with Gasteiger partial charge in [0.05, 0.1) is 0 Å². The van der Waals surface area contributed by atoms with E-state index in [0.29, 0.717) is 18.0 Å². The maximum absolute atomic E-state index is 3.73. The van der Waals surface area contributed by atoms with Gasteiger partial charge in [-0.15, -0.1) is 0 Å². The van der Waals surface area contributed by atoms with Gasteiger partial charge in [-0.2, -0.15) is 0 Å². The monoisotopic (exact) mass is 260 g/mol. The number of piperazine rings is 1. The van der Waals surface area contributed by atoms with Crippen molar-refractivity contribution in [2.75, 3.05) is 13.1 Å². The minimum Gasteiger partial charge on any atom is -0.307 e. The van der Waals surface area contributed by atoms with E-state index in [1.807, 2.05) is 0 Å². The van der Waals surface area contributed by atoms with Crippen LogP contribution in [-0.4, -0.2) is 29.6 Å². The highest BCUT2D eigenvalue weighted by atomic mass is 15.3. The summed E-state index contributed by atoms with van der Waals surface area (Å²) in [7, 11) is 0. The van der Waals surface area contributed by atoms with Crippen LogP contribution >= 0.6 is 0 Å². The lowest BCUT2D eigenvalue weighted by molar-refractivity contribution is 0.0193. The quantitative estimate of drug-likeness (QED) is 0.876. The second-order valence-corrected chi connectivity index (χ2v) is 7.01. The van der Waals surface area contributed by atoms with E-state index < -0.39 is 0 Å². The summed E-state index contributed by atoms with van der Waals surface area (Å²) in [6.07, 6.45) is 0. The Labute approximate surface area is 118 Å². The zero-order valence-corrected chi connectivity index (χ0v) is 13.0. The van der Waals surface area contributed by atoms with Crippen LogP contribution < -0.4 is 5.32 Å². The highest BCUT2D eigenvalue weighted by Crippen LogP contribution is 2.29. The molecule has 1 aromatic carbocycles. The van der Waals surface area contributed by atoms with Gasteiger partial charge >= 0.3 is 0 Å². The summed E-state index contributed by atoms with van der Waals surface area (Å²) in [5.74, 6) is 0.684. The van der Waals surface area contributed by atoms with E-state index in [9.17, 15) is 0 Å². The largest absolute Gasteiger partial charge is 0.307 e. The van der Waals surface area contributed by atoms with Crippen molar-refractivity contribution in [2.45, 2.75) is 52.2 Å². The maximum Gasteiger partial charge on any atom is 0.0450 e. The van der Waals surface area contributed by atoms with E-state index >= 15 is 0 Å². The number of benzene rings is 1. The molecule has 1 aliphatic heterocycles. The third kappa shape index (κ3) is 3.37. The average molecular weight is 260 g/mol. The first kappa shape index (κ1) is 14.5. The van der Waals surface area contributed by atoms with Gasteiger partial charge in [-0.25, -0.2) is 0 Å². The van der Waals surface area contributed by atoms with Crippen LogP contribution in [0.5, 0.6) is 0 Å². The molecule has 106 valence electrons. The predicted molar refractivity (Wildman–Crippen MR) is 82.3 cm³/mol. The molecule has 0 saturated carbocycles. The first-order valence-electron chi connectivity index (χ1n) is 7.44. The molecule has 2 atom stereocenters. The van der Waals surface area contributed by atoms with E-state index in [1.165, 1.54) is 5.56 Å². The van der Waals surface area contributed by atoms with Crippen LogP contribution in [0.3, 0.4) is 0 Å². The van der Waals surface area contributed by atoms with Crippen molar-refractivity contribution in [3.8, 4) is 0 Å². The Morgan fingerprint density at radius 2 is 1.79 bits per heavy atom. The molecule has 2 unspecified atom stereocenters. The molecule has 2 rings (SSSR count). The Morgan fingerprint density at radius 3 is 2.32 bits per heavy atom. The molecule has 0 aliphatic carbocycles. The highest BCUT2D eigenvalue weighted by molar-refractivity contribution is 5.20. The second-order valence-electron chi connectivity index (χ2n) is 7.01. The Kier molecular flexibility index (Phi) is 4.32. The zero-order valence-electron chi connectivity index (χ0n) is 13.0. The fourth-order valence-corrected chi connectivity index (χ4v) is 3.05. The minimum atomic E-state index is 0.226. The summed E-state index contributed by atoms with van der Waals surface area (Å²) >= 11 is 0. The molecule has 19 heavy (non-hydrogen) atoms. The number of rotatable bonds is 2. The lowest BCUT2D eigenvalue weighted by atomic mass is 9.90. The van der Waals surface area contributed by atoms with Gasteiger partial charge in [-0.3, -0.25) is 4.90 Å². The Morgan fingerprint density at radius 1 is 1.16 bits per heavy atom. The second kappa shape index (κ2) is 5.64. The van der Waals surface area contributed by atoms with Crippen molar-refractivity contribution in [1.29, 1.82) is 0 Å². The lowest BCUT2D eigenvalue weighted by Gasteiger charge is -2.49. The molecule has 0 radical (unpaired) electrons. The van der Waals surface area contributed by atoms with Crippen LogP contribution in [0.2, 0.25) is 0 Å². The molecule has 0 amide bonds. The van der Waals surface area contributed by atoms with Crippen LogP contribution in [0.25, 0.3) is 0 Å². The van der Waals surface area contributed by atoms with Crippen molar-refractivity contribution in [3.05, 3.63) is 35.9 Å². The van der Waals surface area contributed by atoms with E-state index in [4.69, 9.17) is 0 Å². The molecule has 1 aromatic rings. The van der Waals surface area contributed by atoms with Gasteiger partial charge in [0.2, 0.25) is 0 Å². The molecule has 1 saturated heterocycles. The van der Waals surface area contributed by atoms with Crippen LogP contribution in [0, 0.1) is 5.92 Å². The van der Waals surface area contributed by atoms with Gasteiger partial charge < -0.3 is 5.32 Å². The van der Waals surface area contributed by atoms with Gasteiger partial charge in [0.15, 0.2) is 0 Å². The molecule has 0 bridgehead atoms. The summed E-state index contributed by atoms with van der Waals surface area (Å²) in [6.45, 7) is 13.8. The smallest absolute Gasteiger partial charge is 0.0450 e. The molecule has 1 N–H and O–H groups in total. The van der Waals surface area contributed by atoms with Crippen LogP contribution in [0.4, 0.5) is 0 Å². The van der Waals surface area contributed by atoms with Crippen molar-refractivity contribution in [3.63, 3.8) is 0 Å². The number of hydrogen-bond acceptors (Lipinski definition) is 2. The highest BCUT2D eigenvalue weighted by Gasteiger charge is 2.36. The van der Waals surface area contributed by atoms with Gasteiger partial charge in [0.1, 0.15) is 0 Å². The van der Waals surface area contributed by atoms with E-state index in [2.05, 4.69) is 75.2 Å². The Hall–Kier alpha value is -0.860. The van der Waals surface area contributed by atoms with Crippen LogP contribution in [-0.2, 0) is 0 Å². The summed E-state index contributed by atoms with van der Waals surface area (Å²) < 4.78 is 0. The summed E-state index contributed by atoms with van der Waals surface area (Å²) in [6, 6.07) is 11.9. The van der Waals surface area contributed by atoms with Crippen LogP contribution in [0.15, 0.2) is 30.3 Å². The topological polar surface area (TPSA) is 15.3 Å². The normalized spacial score (nSPS) is 25.8. The van der Waals surface area contributed by atoms with Crippen molar-refractivity contribution in [2.24, 2.45) is 5.92 Å². The first-order valence-corrected chi connectivity index (χ1v) is 7.44. The zero-order chi connectivity index (χ0) is 14.0. The fraction of sp³-hybridized carbons (Fsp3) is 0.647. The average Bonchev–Trinajstić information content (AvgIpc) is 2.38. The molecule has 0 aromatic heterocycles. The third-order valence-electron chi connectivity index (χ3n) is 4.19. The molecule has 0 spiro atoms. The molecule has 1 heterocycles. The van der Waals surface area contributed by atoms with Gasteiger partial charge in [0.25, 0.3) is 0 Å². The summed E-state index contributed by atoms with van der Waals surface area (Å²) in [4.78, 5) is 2.67. The lowest BCUT2D eigenvalue weighted by Crippen LogP contribution is -2.60. The van der Waals surface area contributed by atoms with E-state index in [-0.39, 0.29) is 5.54 Å². The minimum absolute atomic E-state index is 0.226. The van der Waals surface area contributed by atoms with Crippen molar-refractivity contribution >= 4 is 0 Å². The standard InChI is InChI=1S/C17H28N2/c1-13(2)16-11-18-15(12-19(16)17(3,4)5)14-9-7-6-8-10-14/h6-10,13,15-16,18H,11-12H2,1-5H3. The maximum atomic E-state index is 3.73. The number of nitrogens with one attached hydrogen (secondary N) is 1. The third-order valence-corrected chi connectivity index (χ3v) is 4.19. The summed E-state index contributed by atoms with van der Waals surface area (Å²) in [5, 5.41) is 3.73. The predicted octanol–water partition coefficient (Wildman–Crippen LogP) is 3.46. The molecular weight excluding hydrogens is 232 g/mol. The Balaban J connectivity index is 2.18. The van der Waals surface area contributed by atoms with Gasteiger partial charge in [-0.05, 0) is 32.3 Å². The van der Waals surface area contributed by atoms with Crippen molar-refractivity contribution in [1.82, 2.24) is 10.2 Å². The van der Waals surface area contributed by atoms with Crippen molar-refractivity contribution < 1.29 is 0 Å². The van der Waals surface area contributed by atoms with Crippen LogP contribution in [0.1, 0.15) is 46.2 Å². The summed E-state index contributed by atoms with van der Waals surface area (Å²) in [5.41, 5.74) is 1.63. The van der Waals surface area contributed by atoms with Gasteiger partial charge in [0, 0.05) is 30.7 Å². The SMILES string of the molecule is CC(C)C1CNC(c2ccccc2)CN1C(C)(C)C. The number of nitrogens with zero attached hydrogens (tertiary/aromatic N) is 1. The van der Waals surface area contributed by atoms with E-state index in [1.54, 1.807) is 0 Å². The Bertz CT molecular complexity index is 391. The first-order chi connectivity index (χ1) is 8.89. The fourth-order valence-electron chi connectivity index (χ4n) is 3.05. The molecule has 2 heteroatoms. The molecular formula is C17H28N2. The number of hydrogen-bond donors (Lipinski definition) is 1. The molecule has 2 nitrogen and oxygen atoms in total. The van der Waals surface area contributed by atoms with E-state index in [0.717, 1.165) is 13.1 Å². The van der Waals surface area contributed by atoms with Gasteiger partial charge in [-0.1, -0.05) is 44.2 Å².